The first kappa shape index (κ1) is 14.3. The van der Waals surface area contributed by atoms with Crippen molar-refractivity contribution >= 4 is 28.4 Å². The quantitative estimate of drug-likeness (QED) is 0.500. The summed E-state index contributed by atoms with van der Waals surface area (Å²) >= 11 is 1.65. The van der Waals surface area contributed by atoms with Gasteiger partial charge in [0.05, 0.1) is 22.3 Å². The van der Waals surface area contributed by atoms with Crippen LogP contribution < -0.4 is 11.1 Å². The summed E-state index contributed by atoms with van der Waals surface area (Å²) in [5, 5.41) is 14.9. The molecule has 0 saturated carbocycles. The first-order chi connectivity index (χ1) is 9.51. The number of benzene rings is 1. The molecule has 3 N–H and O–H groups in total. The first-order valence-corrected chi connectivity index (χ1v) is 7.08. The molecule has 0 radical (unpaired) electrons. The zero-order valence-electron chi connectivity index (χ0n) is 11.3. The van der Waals surface area contributed by atoms with Gasteiger partial charge in [0.1, 0.15) is 5.01 Å². The maximum absolute atomic E-state index is 10.7. The Morgan fingerprint density at radius 2 is 2.30 bits per heavy atom. The van der Waals surface area contributed by atoms with Crippen LogP contribution in [0.2, 0.25) is 0 Å². The summed E-state index contributed by atoms with van der Waals surface area (Å²) in [5.41, 5.74) is 6.86. The Morgan fingerprint density at radius 1 is 1.55 bits per heavy atom. The average Bonchev–Trinajstić information content (AvgIpc) is 2.89. The molecule has 2 rings (SSSR count). The van der Waals surface area contributed by atoms with E-state index in [1.54, 1.807) is 17.4 Å². The van der Waals surface area contributed by atoms with E-state index in [0.29, 0.717) is 11.4 Å². The van der Waals surface area contributed by atoms with E-state index in [-0.39, 0.29) is 11.7 Å². The lowest BCUT2D eigenvalue weighted by Gasteiger charge is -2.14. The van der Waals surface area contributed by atoms with Crippen LogP contribution in [0.15, 0.2) is 24.4 Å². The zero-order chi connectivity index (χ0) is 14.7. The highest BCUT2D eigenvalue weighted by molar-refractivity contribution is 7.11. The fourth-order valence-corrected chi connectivity index (χ4v) is 2.64. The summed E-state index contributed by atoms with van der Waals surface area (Å²) in [6, 6.07) is 4.42. The topological polar surface area (TPSA) is 94.1 Å². The molecule has 1 aromatic heterocycles. The minimum Gasteiger partial charge on any atom is -0.397 e. The fraction of sp³-hybridized carbons (Fsp3) is 0.308. The molecule has 0 aliphatic heterocycles. The predicted octanol–water partition coefficient (Wildman–Crippen LogP) is 3.37. The Balaban J connectivity index is 2.15. The summed E-state index contributed by atoms with van der Waals surface area (Å²) < 4.78 is 0. The summed E-state index contributed by atoms with van der Waals surface area (Å²) in [7, 11) is 0. The molecular formula is C13H16N4O2S. The van der Waals surface area contributed by atoms with Crippen LogP contribution in [0.4, 0.5) is 17.1 Å². The van der Waals surface area contributed by atoms with Crippen LogP contribution in [-0.4, -0.2) is 9.91 Å². The molecule has 0 aliphatic rings. The van der Waals surface area contributed by atoms with Gasteiger partial charge in [-0.25, -0.2) is 4.98 Å². The molecule has 7 heteroatoms. The smallest absolute Gasteiger partial charge is 0.271 e. The number of nitrogens with two attached hydrogens (primary N) is 1. The lowest BCUT2D eigenvalue weighted by Crippen LogP contribution is -2.08. The highest BCUT2D eigenvalue weighted by atomic mass is 32.1. The van der Waals surface area contributed by atoms with Gasteiger partial charge >= 0.3 is 0 Å². The number of nitro benzene ring substituents is 1. The largest absolute Gasteiger partial charge is 0.397 e. The monoisotopic (exact) mass is 292 g/mol. The van der Waals surface area contributed by atoms with Crippen molar-refractivity contribution in [1.82, 2.24) is 4.98 Å². The Kier molecular flexibility index (Phi) is 4.19. The number of hydrogen-bond donors (Lipinski definition) is 2. The van der Waals surface area contributed by atoms with Gasteiger partial charge < -0.3 is 11.1 Å². The molecule has 0 spiro atoms. The third-order valence-corrected chi connectivity index (χ3v) is 4.23. The maximum Gasteiger partial charge on any atom is 0.271 e. The number of nitrogens with one attached hydrogen (secondary N) is 1. The summed E-state index contributed by atoms with van der Waals surface area (Å²) in [5.74, 6) is 0. The highest BCUT2D eigenvalue weighted by Crippen LogP contribution is 2.29. The van der Waals surface area contributed by atoms with Gasteiger partial charge in [-0.05, 0) is 19.4 Å². The van der Waals surface area contributed by atoms with Gasteiger partial charge in [0.2, 0.25) is 0 Å². The zero-order valence-corrected chi connectivity index (χ0v) is 12.1. The van der Waals surface area contributed by atoms with Gasteiger partial charge in [0, 0.05) is 23.2 Å². The van der Waals surface area contributed by atoms with Crippen LogP contribution in [0.3, 0.4) is 0 Å². The van der Waals surface area contributed by atoms with Crippen molar-refractivity contribution in [3.05, 3.63) is 44.4 Å². The normalized spacial score (nSPS) is 12.1. The number of anilines is 2. The fourth-order valence-electron chi connectivity index (χ4n) is 1.78. The van der Waals surface area contributed by atoms with Gasteiger partial charge in [-0.1, -0.05) is 6.92 Å². The van der Waals surface area contributed by atoms with E-state index in [1.165, 1.54) is 17.0 Å². The Labute approximate surface area is 120 Å². The van der Waals surface area contributed by atoms with Crippen molar-refractivity contribution < 1.29 is 4.92 Å². The Hall–Kier alpha value is -2.15. The number of nitro groups is 1. The van der Waals surface area contributed by atoms with Crippen molar-refractivity contribution in [2.75, 3.05) is 11.1 Å². The molecule has 1 atom stereocenters. The molecule has 20 heavy (non-hydrogen) atoms. The van der Waals surface area contributed by atoms with Crippen molar-refractivity contribution in [3.63, 3.8) is 0 Å². The maximum atomic E-state index is 10.7. The number of thiazole rings is 1. The van der Waals surface area contributed by atoms with Gasteiger partial charge in [0.25, 0.3) is 5.69 Å². The molecule has 0 fully saturated rings. The van der Waals surface area contributed by atoms with E-state index in [4.69, 9.17) is 5.73 Å². The van der Waals surface area contributed by atoms with E-state index in [1.807, 2.05) is 13.1 Å². The molecule has 1 aromatic carbocycles. The highest BCUT2D eigenvalue weighted by Gasteiger charge is 2.13. The number of hydrogen-bond acceptors (Lipinski definition) is 6. The van der Waals surface area contributed by atoms with E-state index in [2.05, 4.69) is 17.2 Å². The number of nitrogen functional groups attached to an aromatic ring is 1. The third-order valence-electron chi connectivity index (χ3n) is 2.91. The second-order valence-corrected chi connectivity index (χ2v) is 5.56. The van der Waals surface area contributed by atoms with Crippen molar-refractivity contribution in [3.8, 4) is 0 Å². The second-order valence-electron chi connectivity index (χ2n) is 4.41. The number of rotatable bonds is 5. The molecule has 1 heterocycles. The molecule has 2 aromatic rings. The molecule has 0 bridgehead atoms. The Morgan fingerprint density at radius 3 is 2.85 bits per heavy atom. The Bertz CT molecular complexity index is 627. The van der Waals surface area contributed by atoms with Crippen molar-refractivity contribution in [2.24, 2.45) is 0 Å². The predicted molar refractivity (Wildman–Crippen MR) is 81.0 cm³/mol. The first-order valence-electron chi connectivity index (χ1n) is 6.26. The molecule has 6 nitrogen and oxygen atoms in total. The molecule has 0 amide bonds. The van der Waals surface area contributed by atoms with Crippen LogP contribution in [-0.2, 0) is 6.42 Å². The van der Waals surface area contributed by atoms with E-state index in [9.17, 15) is 10.1 Å². The van der Waals surface area contributed by atoms with Crippen LogP contribution >= 0.6 is 11.3 Å². The second kappa shape index (κ2) is 5.87. The number of aromatic nitrogens is 1. The number of nitrogens with zero attached hydrogens (tertiary/aromatic N) is 2. The van der Waals surface area contributed by atoms with Crippen molar-refractivity contribution in [1.29, 1.82) is 0 Å². The van der Waals surface area contributed by atoms with Gasteiger partial charge in [-0.2, -0.15) is 0 Å². The summed E-state index contributed by atoms with van der Waals surface area (Å²) in [4.78, 5) is 15.8. The third kappa shape index (κ3) is 3.05. The minimum absolute atomic E-state index is 0.00376. The average molecular weight is 292 g/mol. The van der Waals surface area contributed by atoms with E-state index >= 15 is 0 Å². The SMILES string of the molecule is CCc1cnc(C(C)Nc2ccc([N+](=O)[O-])cc2N)s1. The summed E-state index contributed by atoms with van der Waals surface area (Å²) in [6.07, 6.45) is 2.83. The lowest BCUT2D eigenvalue weighted by molar-refractivity contribution is -0.384. The van der Waals surface area contributed by atoms with E-state index in [0.717, 1.165) is 11.4 Å². The standard InChI is InChI=1S/C13H16N4O2S/c1-3-10-7-15-13(20-10)8(2)16-12-5-4-9(17(18)19)6-11(12)14/h4-8,16H,3,14H2,1-2H3. The lowest BCUT2D eigenvalue weighted by atomic mass is 10.2. The molecule has 1 unspecified atom stereocenters. The summed E-state index contributed by atoms with van der Waals surface area (Å²) in [6.45, 7) is 4.07. The molecular weight excluding hydrogens is 276 g/mol. The molecule has 0 saturated heterocycles. The van der Waals surface area contributed by atoms with Gasteiger partial charge in [-0.15, -0.1) is 11.3 Å². The van der Waals surface area contributed by atoms with Crippen molar-refractivity contribution in [2.45, 2.75) is 26.3 Å². The van der Waals surface area contributed by atoms with Gasteiger partial charge in [0.15, 0.2) is 0 Å². The molecule has 0 aliphatic carbocycles. The van der Waals surface area contributed by atoms with Crippen LogP contribution in [0.5, 0.6) is 0 Å². The van der Waals surface area contributed by atoms with Crippen LogP contribution in [0.25, 0.3) is 0 Å². The van der Waals surface area contributed by atoms with E-state index < -0.39 is 4.92 Å². The van der Waals surface area contributed by atoms with Gasteiger partial charge in [-0.3, -0.25) is 10.1 Å². The number of non-ortho nitro benzene ring substituents is 1. The molecule has 106 valence electrons. The van der Waals surface area contributed by atoms with Crippen LogP contribution in [0.1, 0.15) is 29.8 Å². The minimum atomic E-state index is -0.460. The number of aryl methyl sites for hydroxylation is 1. The van der Waals surface area contributed by atoms with Crippen LogP contribution in [0, 0.1) is 10.1 Å².